The molecule has 140 valence electrons. The third-order valence-corrected chi connectivity index (χ3v) is 5.59. The highest BCUT2D eigenvalue weighted by Gasteiger charge is 2.43. The Hall–Kier alpha value is -0.770. The van der Waals surface area contributed by atoms with E-state index in [0.29, 0.717) is 0 Å². The Morgan fingerprint density at radius 1 is 1.12 bits per heavy atom. The van der Waals surface area contributed by atoms with Crippen molar-refractivity contribution in [2.45, 2.75) is 91.3 Å². The largest absolute Gasteiger partial charge is 0.444 e. The van der Waals surface area contributed by atoms with Crippen molar-refractivity contribution in [3.05, 3.63) is 0 Å². The van der Waals surface area contributed by atoms with Crippen molar-refractivity contribution in [3.63, 3.8) is 0 Å². The first-order valence-electron chi connectivity index (χ1n) is 9.81. The molecule has 1 saturated carbocycles. The summed E-state index contributed by atoms with van der Waals surface area (Å²) in [6, 6.07) is 0. The number of hydrogen-bond acceptors (Lipinski definition) is 3. The second-order valence-electron chi connectivity index (χ2n) is 9.02. The Morgan fingerprint density at radius 3 is 2.21 bits per heavy atom. The van der Waals surface area contributed by atoms with E-state index in [9.17, 15) is 4.79 Å². The Labute approximate surface area is 148 Å². The van der Waals surface area contributed by atoms with Crippen LogP contribution in [0.5, 0.6) is 0 Å². The molecular weight excluding hydrogens is 302 g/mol. The second-order valence-corrected chi connectivity index (χ2v) is 9.02. The van der Waals surface area contributed by atoms with Crippen molar-refractivity contribution in [2.75, 3.05) is 19.7 Å². The van der Waals surface area contributed by atoms with Crippen LogP contribution >= 0.6 is 0 Å². The molecule has 0 spiro atoms. The van der Waals surface area contributed by atoms with E-state index in [4.69, 9.17) is 9.47 Å². The third-order valence-electron chi connectivity index (χ3n) is 5.59. The molecule has 0 radical (unpaired) electrons. The average molecular weight is 340 g/mol. The van der Waals surface area contributed by atoms with Gasteiger partial charge in [-0.25, -0.2) is 4.79 Å². The smallest absolute Gasteiger partial charge is 0.410 e. The highest BCUT2D eigenvalue weighted by atomic mass is 16.6. The second kappa shape index (κ2) is 8.07. The predicted octanol–water partition coefficient (Wildman–Crippen LogP) is 5.01. The van der Waals surface area contributed by atoms with Gasteiger partial charge < -0.3 is 14.4 Å². The van der Waals surface area contributed by atoms with E-state index in [1.807, 2.05) is 25.7 Å². The van der Waals surface area contributed by atoms with E-state index < -0.39 is 5.60 Å². The van der Waals surface area contributed by atoms with Crippen molar-refractivity contribution < 1.29 is 14.3 Å². The number of piperidine rings is 1. The first-order valence-corrected chi connectivity index (χ1v) is 9.81. The minimum Gasteiger partial charge on any atom is -0.444 e. The van der Waals surface area contributed by atoms with Crippen molar-refractivity contribution in [1.29, 1.82) is 0 Å². The Kier molecular flexibility index (Phi) is 6.58. The van der Waals surface area contributed by atoms with Gasteiger partial charge in [-0.2, -0.15) is 0 Å². The van der Waals surface area contributed by atoms with Crippen molar-refractivity contribution in [2.24, 2.45) is 11.3 Å². The standard InChI is InChI=1S/C20H37NO3/c1-16(2)23-15-20(17-9-7-6-8-10-17)11-13-21(14-12-20)18(22)24-19(3,4)5/h16-17H,6-15H2,1-5H3. The van der Waals surface area contributed by atoms with Gasteiger partial charge in [0.05, 0.1) is 12.7 Å². The van der Waals surface area contributed by atoms with E-state index >= 15 is 0 Å². The van der Waals surface area contributed by atoms with Gasteiger partial charge >= 0.3 is 6.09 Å². The number of nitrogens with zero attached hydrogens (tertiary/aromatic N) is 1. The van der Waals surface area contributed by atoms with E-state index in [-0.39, 0.29) is 17.6 Å². The van der Waals surface area contributed by atoms with Gasteiger partial charge in [-0.15, -0.1) is 0 Å². The summed E-state index contributed by atoms with van der Waals surface area (Å²) in [6.07, 6.45) is 8.93. The van der Waals surface area contributed by atoms with Gasteiger partial charge in [-0.3, -0.25) is 0 Å². The lowest BCUT2D eigenvalue weighted by molar-refractivity contribution is -0.0666. The molecule has 0 unspecified atom stereocenters. The lowest BCUT2D eigenvalue weighted by Crippen LogP contribution is -2.50. The fraction of sp³-hybridized carbons (Fsp3) is 0.950. The molecule has 1 saturated heterocycles. The summed E-state index contributed by atoms with van der Waals surface area (Å²) in [6.45, 7) is 12.5. The molecular formula is C20H37NO3. The summed E-state index contributed by atoms with van der Waals surface area (Å²) in [5, 5.41) is 0. The topological polar surface area (TPSA) is 38.8 Å². The number of amides is 1. The molecule has 0 bridgehead atoms. The molecule has 0 atom stereocenters. The van der Waals surface area contributed by atoms with Crippen molar-refractivity contribution in [1.82, 2.24) is 4.90 Å². The van der Waals surface area contributed by atoms with Gasteiger partial charge in [-0.1, -0.05) is 19.3 Å². The number of hydrogen-bond donors (Lipinski definition) is 0. The van der Waals surface area contributed by atoms with Crippen LogP contribution in [-0.2, 0) is 9.47 Å². The van der Waals surface area contributed by atoms with Gasteiger partial charge in [0.2, 0.25) is 0 Å². The molecule has 0 aromatic carbocycles. The molecule has 0 aromatic heterocycles. The number of rotatable bonds is 4. The van der Waals surface area contributed by atoms with Crippen LogP contribution in [0.15, 0.2) is 0 Å². The fourth-order valence-electron chi connectivity index (χ4n) is 4.18. The molecule has 1 aliphatic carbocycles. The first-order chi connectivity index (χ1) is 11.2. The maximum absolute atomic E-state index is 12.3. The van der Waals surface area contributed by atoms with Crippen molar-refractivity contribution in [3.8, 4) is 0 Å². The molecule has 4 nitrogen and oxygen atoms in total. The van der Waals surface area contributed by atoms with Gasteiger partial charge in [0, 0.05) is 13.1 Å². The van der Waals surface area contributed by atoms with Gasteiger partial charge in [0.25, 0.3) is 0 Å². The minimum atomic E-state index is -0.421. The summed E-state index contributed by atoms with van der Waals surface area (Å²) in [7, 11) is 0. The summed E-state index contributed by atoms with van der Waals surface area (Å²) in [5.74, 6) is 0.755. The van der Waals surface area contributed by atoms with Crippen LogP contribution in [-0.4, -0.2) is 42.4 Å². The van der Waals surface area contributed by atoms with Crippen LogP contribution < -0.4 is 0 Å². The quantitative estimate of drug-likeness (QED) is 0.723. The molecule has 1 aliphatic heterocycles. The van der Waals surface area contributed by atoms with Crippen molar-refractivity contribution >= 4 is 6.09 Å². The zero-order valence-electron chi connectivity index (χ0n) is 16.4. The lowest BCUT2D eigenvalue weighted by Gasteiger charge is -2.48. The van der Waals surface area contributed by atoms with Gasteiger partial charge in [-0.05, 0) is 71.6 Å². The Bertz CT molecular complexity index is 400. The monoisotopic (exact) mass is 339 g/mol. The number of likely N-dealkylation sites (tertiary alicyclic amines) is 1. The highest BCUT2D eigenvalue weighted by Crippen LogP contribution is 2.46. The average Bonchev–Trinajstić information content (AvgIpc) is 2.52. The summed E-state index contributed by atoms with van der Waals surface area (Å²) < 4.78 is 11.6. The van der Waals surface area contributed by atoms with Crippen LogP contribution in [0.25, 0.3) is 0 Å². The van der Waals surface area contributed by atoms with Crippen LogP contribution in [0.2, 0.25) is 0 Å². The summed E-state index contributed by atoms with van der Waals surface area (Å²) in [5.41, 5.74) is -0.168. The summed E-state index contributed by atoms with van der Waals surface area (Å²) >= 11 is 0. The van der Waals surface area contributed by atoms with E-state index in [2.05, 4.69) is 13.8 Å². The first kappa shape index (κ1) is 19.6. The van der Waals surface area contributed by atoms with E-state index in [0.717, 1.165) is 38.5 Å². The molecule has 0 N–H and O–H groups in total. The van der Waals surface area contributed by atoms with Gasteiger partial charge in [0.15, 0.2) is 0 Å². The number of ether oxygens (including phenoxy) is 2. The predicted molar refractivity (Wildman–Crippen MR) is 97.1 cm³/mol. The lowest BCUT2D eigenvalue weighted by atomic mass is 9.64. The van der Waals surface area contributed by atoms with Crippen LogP contribution in [0.1, 0.15) is 79.6 Å². The molecule has 2 rings (SSSR count). The minimum absolute atomic E-state index is 0.162. The molecule has 1 amide bonds. The zero-order valence-corrected chi connectivity index (χ0v) is 16.4. The third kappa shape index (κ3) is 5.37. The molecule has 24 heavy (non-hydrogen) atoms. The van der Waals surface area contributed by atoms with E-state index in [1.165, 1.54) is 32.1 Å². The normalized spacial score (nSPS) is 22.7. The zero-order chi connectivity index (χ0) is 17.8. The molecule has 0 aromatic rings. The fourth-order valence-corrected chi connectivity index (χ4v) is 4.18. The van der Waals surface area contributed by atoms with Crippen LogP contribution in [0.4, 0.5) is 4.79 Å². The van der Waals surface area contributed by atoms with E-state index in [1.54, 1.807) is 0 Å². The summed E-state index contributed by atoms with van der Waals surface area (Å²) in [4.78, 5) is 14.2. The molecule has 4 heteroatoms. The Balaban J connectivity index is 1.99. The number of carbonyl (C=O) groups excluding carboxylic acids is 1. The molecule has 2 aliphatic rings. The van der Waals surface area contributed by atoms with Gasteiger partial charge in [0.1, 0.15) is 5.60 Å². The SMILES string of the molecule is CC(C)OCC1(C2CCCCC2)CCN(C(=O)OC(C)(C)C)CC1. The maximum Gasteiger partial charge on any atom is 0.410 e. The van der Waals surface area contributed by atoms with Crippen LogP contribution in [0, 0.1) is 11.3 Å². The molecule has 1 heterocycles. The van der Waals surface area contributed by atoms with Crippen LogP contribution in [0.3, 0.4) is 0 Å². The maximum atomic E-state index is 12.3. The Morgan fingerprint density at radius 2 is 1.71 bits per heavy atom. The highest BCUT2D eigenvalue weighted by molar-refractivity contribution is 5.68. The number of carbonyl (C=O) groups is 1. The molecule has 2 fully saturated rings.